The summed E-state index contributed by atoms with van der Waals surface area (Å²) in [6, 6.07) is 0. The third-order valence-electron chi connectivity index (χ3n) is 0.408. The molecule has 0 radical (unpaired) electrons. The Kier molecular flexibility index (Phi) is 15.6. The standard InChI is InChI=1S/C3H10N2.Na.H/c4-2-1-3-5;;/h1-5H2;;. The van der Waals surface area contributed by atoms with E-state index >= 15 is 0 Å². The van der Waals surface area contributed by atoms with Crippen LogP contribution in [0.15, 0.2) is 0 Å². The first kappa shape index (κ1) is 10.0. The Morgan fingerprint density at radius 2 is 1.33 bits per heavy atom. The second kappa shape index (κ2) is 9.33. The Morgan fingerprint density at radius 3 is 1.33 bits per heavy atom. The van der Waals surface area contributed by atoms with Crippen LogP contribution in [0.2, 0.25) is 0 Å². The van der Waals surface area contributed by atoms with Crippen molar-refractivity contribution in [3.8, 4) is 0 Å². The van der Waals surface area contributed by atoms with E-state index in [-0.39, 0.29) is 29.6 Å². The zero-order chi connectivity index (χ0) is 4.12. The molecule has 0 unspecified atom stereocenters. The van der Waals surface area contributed by atoms with Gasteiger partial charge in [-0.15, -0.1) is 0 Å². The van der Waals surface area contributed by atoms with E-state index in [0.717, 1.165) is 19.5 Å². The molecule has 34 valence electrons. The summed E-state index contributed by atoms with van der Waals surface area (Å²) >= 11 is 0. The monoisotopic (exact) mass is 98.1 g/mol. The van der Waals surface area contributed by atoms with Gasteiger partial charge in [-0.25, -0.2) is 0 Å². The average Bonchev–Trinajstić information content (AvgIpc) is 1.41. The predicted octanol–water partition coefficient (Wildman–Crippen LogP) is -1.35. The molecule has 0 saturated carbocycles. The molecule has 0 aliphatic heterocycles. The Hall–Kier alpha value is 0.920. The predicted molar refractivity (Wildman–Crippen MR) is 29.9 cm³/mol. The van der Waals surface area contributed by atoms with Gasteiger partial charge < -0.3 is 11.5 Å². The molecular weight excluding hydrogens is 87.0 g/mol. The quantitative estimate of drug-likeness (QED) is 0.419. The summed E-state index contributed by atoms with van der Waals surface area (Å²) < 4.78 is 0. The molecule has 6 heavy (non-hydrogen) atoms. The minimum absolute atomic E-state index is 0. The van der Waals surface area contributed by atoms with E-state index in [1.807, 2.05) is 0 Å². The fourth-order valence-electron chi connectivity index (χ4n) is 0.118. The molecule has 0 heterocycles. The normalized spacial score (nSPS) is 7.00. The van der Waals surface area contributed by atoms with E-state index in [9.17, 15) is 0 Å². The van der Waals surface area contributed by atoms with Gasteiger partial charge in [0.1, 0.15) is 0 Å². The SMILES string of the molecule is NCCCN.[NaH]. The van der Waals surface area contributed by atoms with E-state index in [1.54, 1.807) is 0 Å². The van der Waals surface area contributed by atoms with Gasteiger partial charge in [0.15, 0.2) is 0 Å². The number of hydrogen-bond donors (Lipinski definition) is 2. The van der Waals surface area contributed by atoms with Crippen molar-refractivity contribution < 1.29 is 0 Å². The molecule has 2 nitrogen and oxygen atoms in total. The van der Waals surface area contributed by atoms with Gasteiger partial charge in [-0.3, -0.25) is 0 Å². The van der Waals surface area contributed by atoms with Crippen molar-refractivity contribution in [1.82, 2.24) is 0 Å². The van der Waals surface area contributed by atoms with Crippen LogP contribution in [0.5, 0.6) is 0 Å². The number of rotatable bonds is 2. The molecule has 0 bridgehead atoms. The molecule has 0 atom stereocenters. The van der Waals surface area contributed by atoms with Crippen LogP contribution in [0.3, 0.4) is 0 Å². The molecule has 0 amide bonds. The molecule has 3 heteroatoms. The van der Waals surface area contributed by atoms with Crippen LogP contribution in [0.25, 0.3) is 0 Å². The third-order valence-corrected chi connectivity index (χ3v) is 0.408. The van der Waals surface area contributed by atoms with Crippen LogP contribution < -0.4 is 11.5 Å². The molecule has 0 aliphatic carbocycles. The molecular formula is C3H11N2Na. The first-order chi connectivity index (χ1) is 2.41. The van der Waals surface area contributed by atoms with E-state index < -0.39 is 0 Å². The summed E-state index contributed by atoms with van der Waals surface area (Å²) in [7, 11) is 0. The summed E-state index contributed by atoms with van der Waals surface area (Å²) in [5, 5.41) is 0. The Labute approximate surface area is 60.6 Å². The zero-order valence-corrected chi connectivity index (χ0v) is 3.28. The number of nitrogens with two attached hydrogens (primary N) is 2. The average molecular weight is 98.1 g/mol. The van der Waals surface area contributed by atoms with Crippen molar-refractivity contribution in [3.63, 3.8) is 0 Å². The molecule has 0 aromatic carbocycles. The van der Waals surface area contributed by atoms with Gasteiger partial charge in [0, 0.05) is 0 Å². The van der Waals surface area contributed by atoms with Crippen molar-refractivity contribution in [1.29, 1.82) is 0 Å². The van der Waals surface area contributed by atoms with Gasteiger partial charge >= 0.3 is 29.6 Å². The first-order valence-corrected chi connectivity index (χ1v) is 1.82. The maximum atomic E-state index is 5.06. The molecule has 0 aromatic heterocycles. The van der Waals surface area contributed by atoms with E-state index in [4.69, 9.17) is 11.5 Å². The summed E-state index contributed by atoms with van der Waals surface area (Å²) in [6.07, 6.45) is 0.944. The topological polar surface area (TPSA) is 52.0 Å². The van der Waals surface area contributed by atoms with Gasteiger partial charge in [-0.2, -0.15) is 0 Å². The van der Waals surface area contributed by atoms with E-state index in [1.165, 1.54) is 0 Å². The van der Waals surface area contributed by atoms with Crippen molar-refractivity contribution in [2.75, 3.05) is 13.1 Å². The summed E-state index contributed by atoms with van der Waals surface area (Å²) in [6.45, 7) is 1.44. The summed E-state index contributed by atoms with van der Waals surface area (Å²) in [4.78, 5) is 0. The Morgan fingerprint density at radius 1 is 1.00 bits per heavy atom. The molecule has 0 rings (SSSR count). The van der Waals surface area contributed by atoms with Gasteiger partial charge in [0.25, 0.3) is 0 Å². The molecule has 0 spiro atoms. The van der Waals surface area contributed by atoms with Gasteiger partial charge in [-0.1, -0.05) is 0 Å². The van der Waals surface area contributed by atoms with Gasteiger partial charge in [0.2, 0.25) is 0 Å². The van der Waals surface area contributed by atoms with Crippen molar-refractivity contribution >= 4 is 29.6 Å². The van der Waals surface area contributed by atoms with Gasteiger partial charge in [-0.05, 0) is 19.5 Å². The second-order valence-corrected chi connectivity index (χ2v) is 0.931. The fraction of sp³-hybridized carbons (Fsp3) is 1.00. The minimum atomic E-state index is 0. The zero-order valence-electron chi connectivity index (χ0n) is 3.28. The molecule has 4 N–H and O–H groups in total. The van der Waals surface area contributed by atoms with Crippen molar-refractivity contribution in [3.05, 3.63) is 0 Å². The molecule has 0 aromatic rings. The molecule has 0 aliphatic rings. The second-order valence-electron chi connectivity index (χ2n) is 0.931. The van der Waals surface area contributed by atoms with Crippen LogP contribution in [-0.2, 0) is 0 Å². The van der Waals surface area contributed by atoms with Gasteiger partial charge in [0.05, 0.1) is 0 Å². The van der Waals surface area contributed by atoms with Crippen molar-refractivity contribution in [2.24, 2.45) is 11.5 Å². The first-order valence-electron chi connectivity index (χ1n) is 1.82. The van der Waals surface area contributed by atoms with Crippen LogP contribution in [-0.4, -0.2) is 42.6 Å². The fourth-order valence-corrected chi connectivity index (χ4v) is 0.118. The van der Waals surface area contributed by atoms with Crippen LogP contribution in [0.1, 0.15) is 6.42 Å². The maximum absolute atomic E-state index is 5.06. The van der Waals surface area contributed by atoms with Crippen LogP contribution >= 0.6 is 0 Å². The summed E-state index contributed by atoms with van der Waals surface area (Å²) in [5.41, 5.74) is 10.1. The summed E-state index contributed by atoms with van der Waals surface area (Å²) in [5.74, 6) is 0. The van der Waals surface area contributed by atoms with E-state index in [2.05, 4.69) is 0 Å². The Balaban J connectivity index is 0. The number of hydrogen-bond acceptors (Lipinski definition) is 2. The molecule has 0 fully saturated rings. The molecule has 0 saturated heterocycles. The third kappa shape index (κ3) is 8.87. The van der Waals surface area contributed by atoms with E-state index in [0.29, 0.717) is 0 Å². The Bertz CT molecular complexity index is 16.3. The van der Waals surface area contributed by atoms with Crippen LogP contribution in [0, 0.1) is 0 Å². The van der Waals surface area contributed by atoms with Crippen LogP contribution in [0.4, 0.5) is 0 Å². The van der Waals surface area contributed by atoms with Crippen molar-refractivity contribution in [2.45, 2.75) is 6.42 Å².